The first-order valence-electron chi connectivity index (χ1n) is 16.1. The molecule has 1 spiro atoms. The van der Waals surface area contributed by atoms with Crippen LogP contribution in [0.4, 0.5) is 5.69 Å². The molecular formula is C35H44Cl2N4O4. The summed E-state index contributed by atoms with van der Waals surface area (Å²) < 4.78 is 6.52. The molecule has 2 saturated heterocycles. The van der Waals surface area contributed by atoms with E-state index in [9.17, 15) is 14.4 Å². The normalized spacial score (nSPS) is 27.0. The number of likely N-dealkylation sites (tertiary alicyclic amines) is 1. The largest absolute Gasteiger partial charge is 0.359 e. The van der Waals surface area contributed by atoms with E-state index >= 15 is 0 Å². The first kappa shape index (κ1) is 33.5. The van der Waals surface area contributed by atoms with Crippen LogP contribution in [0, 0.1) is 18.8 Å². The molecule has 242 valence electrons. The zero-order valence-corrected chi connectivity index (χ0v) is 27.6. The number of ether oxygens (including phenoxy) is 1. The third kappa shape index (κ3) is 6.66. The SMILES string of the molecule is CCN(CCCN1C(=O)C2C(C(=O)Nc3ccc(C)c(Cl)c3)C3C=CC2(O3)C1C(=O)NC1CCCCC1)Cc1ccccc1.Cl. The molecule has 3 aliphatic heterocycles. The molecule has 2 aromatic rings. The average molecular weight is 656 g/mol. The van der Waals surface area contributed by atoms with E-state index < -0.39 is 29.6 Å². The molecule has 5 unspecified atom stereocenters. The minimum Gasteiger partial charge on any atom is -0.359 e. The average Bonchev–Trinajstić information content (AvgIpc) is 3.67. The first-order chi connectivity index (χ1) is 21.3. The van der Waals surface area contributed by atoms with Crippen LogP contribution in [0.2, 0.25) is 5.02 Å². The van der Waals surface area contributed by atoms with Gasteiger partial charge >= 0.3 is 0 Å². The smallest absolute Gasteiger partial charge is 0.246 e. The Morgan fingerprint density at radius 1 is 1.09 bits per heavy atom. The van der Waals surface area contributed by atoms with Crippen molar-refractivity contribution in [2.75, 3.05) is 25.0 Å². The fourth-order valence-corrected chi connectivity index (χ4v) is 7.77. The van der Waals surface area contributed by atoms with Crippen molar-refractivity contribution in [3.8, 4) is 0 Å². The summed E-state index contributed by atoms with van der Waals surface area (Å²) in [5.74, 6) is -2.18. The Morgan fingerprint density at radius 2 is 1.84 bits per heavy atom. The molecule has 3 heterocycles. The van der Waals surface area contributed by atoms with Gasteiger partial charge in [0, 0.05) is 36.4 Å². The Kier molecular flexibility index (Phi) is 10.6. The summed E-state index contributed by atoms with van der Waals surface area (Å²) in [5.41, 5.74) is 1.55. The van der Waals surface area contributed by atoms with Crippen molar-refractivity contribution in [1.29, 1.82) is 0 Å². The van der Waals surface area contributed by atoms with Gasteiger partial charge in [-0.05, 0) is 56.0 Å². The lowest BCUT2D eigenvalue weighted by atomic mass is 9.74. The van der Waals surface area contributed by atoms with E-state index in [1.807, 2.05) is 43.3 Å². The lowest BCUT2D eigenvalue weighted by Crippen LogP contribution is -2.56. The minimum absolute atomic E-state index is 0. The number of fused-ring (bicyclic) bond motifs is 1. The Hall–Kier alpha value is -2.91. The monoisotopic (exact) mass is 654 g/mol. The van der Waals surface area contributed by atoms with Gasteiger partial charge in [-0.3, -0.25) is 19.3 Å². The molecule has 1 aliphatic carbocycles. The summed E-state index contributed by atoms with van der Waals surface area (Å²) in [6, 6.07) is 15.0. The van der Waals surface area contributed by atoms with E-state index in [4.69, 9.17) is 16.3 Å². The van der Waals surface area contributed by atoms with Crippen molar-refractivity contribution in [1.82, 2.24) is 15.1 Å². The summed E-state index contributed by atoms with van der Waals surface area (Å²) in [5, 5.41) is 6.79. The number of hydrogen-bond donors (Lipinski definition) is 2. The van der Waals surface area contributed by atoms with Gasteiger partial charge in [0.05, 0.1) is 17.9 Å². The number of amides is 3. The van der Waals surface area contributed by atoms with Gasteiger partial charge in [-0.2, -0.15) is 0 Å². The van der Waals surface area contributed by atoms with Crippen LogP contribution in [0.3, 0.4) is 0 Å². The molecule has 4 aliphatic rings. The highest BCUT2D eigenvalue weighted by molar-refractivity contribution is 6.31. The van der Waals surface area contributed by atoms with Crippen molar-refractivity contribution < 1.29 is 19.1 Å². The highest BCUT2D eigenvalue weighted by Crippen LogP contribution is 2.55. The summed E-state index contributed by atoms with van der Waals surface area (Å²) in [7, 11) is 0. The van der Waals surface area contributed by atoms with Crippen LogP contribution < -0.4 is 10.6 Å². The molecule has 2 N–H and O–H groups in total. The zero-order chi connectivity index (χ0) is 30.8. The van der Waals surface area contributed by atoms with Gasteiger partial charge in [0.1, 0.15) is 11.6 Å². The molecule has 2 aromatic carbocycles. The maximum absolute atomic E-state index is 14.3. The van der Waals surface area contributed by atoms with Crippen molar-refractivity contribution in [2.24, 2.45) is 11.8 Å². The number of aryl methyl sites for hydroxylation is 1. The van der Waals surface area contributed by atoms with Gasteiger partial charge in [-0.15, -0.1) is 12.4 Å². The highest BCUT2D eigenvalue weighted by Gasteiger charge is 2.72. The van der Waals surface area contributed by atoms with E-state index in [1.165, 1.54) is 12.0 Å². The molecule has 3 amide bonds. The Labute approximate surface area is 277 Å². The Morgan fingerprint density at radius 3 is 2.56 bits per heavy atom. The number of benzene rings is 2. The number of anilines is 1. The number of carbonyl (C=O) groups excluding carboxylic acids is 3. The van der Waals surface area contributed by atoms with Crippen LogP contribution in [-0.2, 0) is 25.7 Å². The summed E-state index contributed by atoms with van der Waals surface area (Å²) in [4.78, 5) is 46.2. The molecular weight excluding hydrogens is 611 g/mol. The van der Waals surface area contributed by atoms with Crippen LogP contribution in [0.1, 0.15) is 56.6 Å². The first-order valence-corrected chi connectivity index (χ1v) is 16.5. The van der Waals surface area contributed by atoms with E-state index in [2.05, 4.69) is 34.6 Å². The summed E-state index contributed by atoms with van der Waals surface area (Å²) in [6.45, 7) is 6.92. The summed E-state index contributed by atoms with van der Waals surface area (Å²) in [6.07, 6.45) is 9.11. The van der Waals surface area contributed by atoms with Crippen LogP contribution in [0.25, 0.3) is 0 Å². The second-order valence-electron chi connectivity index (χ2n) is 12.7. The standard InChI is InChI=1S/C35H43ClN4O4.ClH/c1-3-39(22-24-11-6-4-7-12-24)19-10-20-40-31(33(42)37-25-13-8-5-9-14-25)35-18-17-28(44-35)29(30(35)34(40)43)32(41)38-26-16-15-23(2)27(36)21-26;/h4,6-7,11-12,15-18,21,25,28-31H,3,5,8-10,13-14,19-20,22H2,1-2H3,(H,37,42)(H,38,41);1H. The van der Waals surface area contributed by atoms with Gasteiger partial charge in [-0.1, -0.05) is 86.3 Å². The van der Waals surface area contributed by atoms with Crippen LogP contribution in [-0.4, -0.2) is 70.9 Å². The second-order valence-corrected chi connectivity index (χ2v) is 13.1. The molecule has 10 heteroatoms. The summed E-state index contributed by atoms with van der Waals surface area (Å²) >= 11 is 6.31. The minimum atomic E-state index is -1.16. The van der Waals surface area contributed by atoms with E-state index in [0.717, 1.165) is 50.9 Å². The van der Waals surface area contributed by atoms with E-state index in [0.29, 0.717) is 23.7 Å². The number of rotatable bonds is 11. The number of halogens is 2. The second kappa shape index (κ2) is 14.2. The fourth-order valence-electron chi connectivity index (χ4n) is 7.59. The maximum Gasteiger partial charge on any atom is 0.246 e. The molecule has 0 radical (unpaired) electrons. The molecule has 2 bridgehead atoms. The van der Waals surface area contributed by atoms with Gasteiger partial charge in [-0.25, -0.2) is 0 Å². The van der Waals surface area contributed by atoms with Crippen molar-refractivity contribution in [3.05, 3.63) is 76.8 Å². The third-order valence-corrected chi connectivity index (χ3v) is 10.3. The molecule has 45 heavy (non-hydrogen) atoms. The van der Waals surface area contributed by atoms with E-state index in [-0.39, 0.29) is 36.2 Å². The van der Waals surface area contributed by atoms with Gasteiger partial charge in [0.25, 0.3) is 0 Å². The van der Waals surface area contributed by atoms with Crippen LogP contribution in [0.15, 0.2) is 60.7 Å². The maximum atomic E-state index is 14.3. The highest BCUT2D eigenvalue weighted by atomic mass is 35.5. The van der Waals surface area contributed by atoms with Crippen molar-refractivity contribution in [3.63, 3.8) is 0 Å². The Bertz CT molecular complexity index is 1420. The molecule has 3 fully saturated rings. The predicted molar refractivity (Wildman–Crippen MR) is 178 cm³/mol. The number of nitrogens with one attached hydrogen (secondary N) is 2. The lowest BCUT2D eigenvalue weighted by molar-refractivity contribution is -0.141. The van der Waals surface area contributed by atoms with Crippen molar-refractivity contribution in [2.45, 2.75) is 82.7 Å². The molecule has 0 aromatic heterocycles. The molecule has 5 atom stereocenters. The zero-order valence-electron chi connectivity index (χ0n) is 26.0. The third-order valence-electron chi connectivity index (χ3n) is 9.89. The number of carbonyl (C=O) groups is 3. The van der Waals surface area contributed by atoms with Gasteiger partial charge in [0.15, 0.2) is 0 Å². The Balaban J connectivity index is 0.00000400. The lowest BCUT2D eigenvalue weighted by Gasteiger charge is -2.34. The molecule has 1 saturated carbocycles. The van der Waals surface area contributed by atoms with E-state index in [1.54, 1.807) is 17.0 Å². The number of hydrogen-bond acceptors (Lipinski definition) is 5. The predicted octanol–water partition coefficient (Wildman–Crippen LogP) is 5.52. The fraction of sp³-hybridized carbons (Fsp3) is 0.514. The molecule has 6 rings (SSSR count). The molecule has 8 nitrogen and oxygen atoms in total. The van der Waals surface area contributed by atoms with Crippen LogP contribution >= 0.6 is 24.0 Å². The quantitative estimate of drug-likeness (QED) is 0.312. The van der Waals surface area contributed by atoms with Gasteiger partial charge < -0.3 is 20.3 Å². The van der Waals surface area contributed by atoms with Gasteiger partial charge in [0.2, 0.25) is 17.7 Å². The number of nitrogens with zero attached hydrogens (tertiary/aromatic N) is 2. The van der Waals surface area contributed by atoms with Crippen molar-refractivity contribution >= 4 is 47.4 Å². The topological polar surface area (TPSA) is 91.0 Å². The van der Waals surface area contributed by atoms with Crippen LogP contribution in [0.5, 0.6) is 0 Å².